The largest absolute Gasteiger partial charge is 0.484 e. The highest BCUT2D eigenvalue weighted by molar-refractivity contribution is 7.89. The quantitative estimate of drug-likeness (QED) is 0.742. The third-order valence-electron chi connectivity index (χ3n) is 3.70. The maximum atomic E-state index is 12.0. The van der Waals surface area contributed by atoms with Gasteiger partial charge in [0.2, 0.25) is 10.0 Å². The molecule has 0 saturated carbocycles. The number of benzene rings is 2. The summed E-state index contributed by atoms with van der Waals surface area (Å²) in [5, 5.41) is 2.80. The van der Waals surface area contributed by atoms with E-state index < -0.39 is 10.0 Å². The molecule has 7 heteroatoms. The van der Waals surface area contributed by atoms with Crippen LogP contribution in [0.25, 0.3) is 0 Å². The summed E-state index contributed by atoms with van der Waals surface area (Å²) in [4.78, 5) is 12.2. The number of aryl methyl sites for hydroxylation is 2. The van der Waals surface area contributed by atoms with E-state index in [9.17, 15) is 13.2 Å². The maximum Gasteiger partial charge on any atom is 0.262 e. The molecule has 0 heterocycles. The van der Waals surface area contributed by atoms with E-state index in [4.69, 9.17) is 4.74 Å². The first-order valence-corrected chi connectivity index (χ1v) is 9.90. The summed E-state index contributed by atoms with van der Waals surface area (Å²) < 4.78 is 31.9. The smallest absolute Gasteiger partial charge is 0.262 e. The number of anilines is 1. The zero-order valence-corrected chi connectivity index (χ0v) is 16.0. The second-order valence-corrected chi connectivity index (χ2v) is 7.79. The molecular formula is C19H24N2O4S. The van der Waals surface area contributed by atoms with E-state index in [0.717, 1.165) is 23.2 Å². The summed E-state index contributed by atoms with van der Waals surface area (Å²) >= 11 is 0. The van der Waals surface area contributed by atoms with E-state index in [0.29, 0.717) is 12.3 Å². The Morgan fingerprint density at radius 3 is 2.38 bits per heavy atom. The Morgan fingerprint density at radius 1 is 1.08 bits per heavy atom. The minimum absolute atomic E-state index is 0.159. The van der Waals surface area contributed by atoms with E-state index >= 15 is 0 Å². The van der Waals surface area contributed by atoms with Crippen LogP contribution in [0.5, 0.6) is 5.75 Å². The van der Waals surface area contributed by atoms with Crippen LogP contribution in [-0.4, -0.2) is 27.5 Å². The molecule has 0 saturated heterocycles. The minimum atomic E-state index is -3.50. The Kier molecular flexibility index (Phi) is 6.76. The van der Waals surface area contributed by atoms with E-state index in [1.165, 1.54) is 24.3 Å². The molecule has 0 aliphatic rings. The Balaban J connectivity index is 1.92. The van der Waals surface area contributed by atoms with Crippen molar-refractivity contribution in [1.29, 1.82) is 0 Å². The van der Waals surface area contributed by atoms with Crippen LogP contribution in [0.15, 0.2) is 47.4 Å². The zero-order chi connectivity index (χ0) is 19.2. The summed E-state index contributed by atoms with van der Waals surface area (Å²) in [6.07, 6.45) is 0.718. The number of rotatable bonds is 8. The Hall–Kier alpha value is -2.38. The molecule has 0 aromatic heterocycles. The normalized spacial score (nSPS) is 11.2. The van der Waals surface area contributed by atoms with Crippen molar-refractivity contribution >= 4 is 21.6 Å². The highest BCUT2D eigenvalue weighted by Crippen LogP contribution is 2.17. The summed E-state index contributed by atoms with van der Waals surface area (Å²) in [6.45, 7) is 6.04. The Bertz CT molecular complexity index is 862. The average molecular weight is 376 g/mol. The van der Waals surface area contributed by atoms with Gasteiger partial charge in [-0.05, 0) is 56.2 Å². The van der Waals surface area contributed by atoms with Crippen molar-refractivity contribution < 1.29 is 17.9 Å². The van der Waals surface area contributed by atoms with Gasteiger partial charge in [0.05, 0.1) is 4.90 Å². The van der Waals surface area contributed by atoms with Crippen molar-refractivity contribution in [3.8, 4) is 5.75 Å². The van der Waals surface area contributed by atoms with Crippen molar-refractivity contribution in [2.45, 2.75) is 32.1 Å². The molecule has 0 unspecified atom stereocenters. The number of hydrogen-bond acceptors (Lipinski definition) is 4. The molecule has 0 spiro atoms. The van der Waals surface area contributed by atoms with E-state index in [1.807, 2.05) is 39.0 Å². The van der Waals surface area contributed by atoms with Gasteiger partial charge < -0.3 is 10.1 Å². The van der Waals surface area contributed by atoms with Gasteiger partial charge in [-0.25, -0.2) is 13.1 Å². The van der Waals surface area contributed by atoms with E-state index in [1.54, 1.807) is 0 Å². The van der Waals surface area contributed by atoms with Gasteiger partial charge in [-0.3, -0.25) is 4.79 Å². The summed E-state index contributed by atoms with van der Waals surface area (Å²) in [7, 11) is -3.50. The van der Waals surface area contributed by atoms with E-state index in [2.05, 4.69) is 10.0 Å². The molecule has 2 N–H and O–H groups in total. The van der Waals surface area contributed by atoms with Gasteiger partial charge in [-0.2, -0.15) is 0 Å². The average Bonchev–Trinajstić information content (AvgIpc) is 2.61. The number of carbonyl (C=O) groups is 1. The molecule has 0 fully saturated rings. The van der Waals surface area contributed by atoms with Gasteiger partial charge >= 0.3 is 0 Å². The van der Waals surface area contributed by atoms with Gasteiger partial charge in [0, 0.05) is 12.2 Å². The topological polar surface area (TPSA) is 84.5 Å². The van der Waals surface area contributed by atoms with Gasteiger partial charge in [-0.15, -0.1) is 0 Å². The first-order valence-electron chi connectivity index (χ1n) is 8.41. The van der Waals surface area contributed by atoms with Crippen molar-refractivity contribution in [2.24, 2.45) is 0 Å². The second kappa shape index (κ2) is 8.82. The third kappa shape index (κ3) is 5.57. The molecule has 0 radical (unpaired) electrons. The fraction of sp³-hybridized carbons (Fsp3) is 0.316. The van der Waals surface area contributed by atoms with Crippen molar-refractivity contribution in [1.82, 2.24) is 4.72 Å². The summed E-state index contributed by atoms with van der Waals surface area (Å²) in [6, 6.07) is 11.7. The van der Waals surface area contributed by atoms with Crippen molar-refractivity contribution in [3.63, 3.8) is 0 Å². The molecule has 1 amide bonds. The lowest BCUT2D eigenvalue weighted by molar-refractivity contribution is -0.118. The van der Waals surface area contributed by atoms with Gasteiger partial charge in [0.1, 0.15) is 5.75 Å². The number of amides is 1. The molecule has 26 heavy (non-hydrogen) atoms. The lowest BCUT2D eigenvalue weighted by Crippen LogP contribution is -2.24. The molecular weight excluding hydrogens is 352 g/mol. The van der Waals surface area contributed by atoms with Gasteiger partial charge in [-0.1, -0.05) is 24.6 Å². The molecule has 140 valence electrons. The van der Waals surface area contributed by atoms with Crippen LogP contribution in [-0.2, 0) is 14.8 Å². The standard InChI is InChI=1S/C19H24N2O4S/c1-4-11-20-26(23,24)17-8-6-16(7-9-17)25-13-19(22)21-18-10-5-14(2)12-15(18)3/h5-10,12,20H,4,11,13H2,1-3H3,(H,21,22). The highest BCUT2D eigenvalue weighted by atomic mass is 32.2. The van der Waals surface area contributed by atoms with Crippen molar-refractivity contribution in [3.05, 3.63) is 53.6 Å². The van der Waals surface area contributed by atoms with Crippen molar-refractivity contribution in [2.75, 3.05) is 18.5 Å². The summed E-state index contributed by atoms with van der Waals surface area (Å²) in [5.41, 5.74) is 2.85. The lowest BCUT2D eigenvalue weighted by Gasteiger charge is -2.11. The number of sulfonamides is 1. The van der Waals surface area contributed by atoms with Gasteiger partial charge in [0.15, 0.2) is 6.61 Å². The molecule has 2 aromatic rings. The molecule has 0 atom stereocenters. The van der Waals surface area contributed by atoms with E-state index in [-0.39, 0.29) is 17.4 Å². The number of ether oxygens (including phenoxy) is 1. The first kappa shape index (κ1) is 19.9. The molecule has 0 aliphatic heterocycles. The van der Waals surface area contributed by atoms with Gasteiger partial charge in [0.25, 0.3) is 5.91 Å². The first-order chi connectivity index (χ1) is 12.3. The molecule has 6 nitrogen and oxygen atoms in total. The lowest BCUT2D eigenvalue weighted by atomic mass is 10.1. The van der Waals surface area contributed by atoms with Crippen LogP contribution in [0.4, 0.5) is 5.69 Å². The number of hydrogen-bond donors (Lipinski definition) is 2. The highest BCUT2D eigenvalue weighted by Gasteiger charge is 2.13. The van der Waals surface area contributed by atoms with Crippen LogP contribution in [0, 0.1) is 13.8 Å². The van der Waals surface area contributed by atoms with Crippen LogP contribution < -0.4 is 14.8 Å². The minimum Gasteiger partial charge on any atom is -0.484 e. The molecule has 2 aromatic carbocycles. The molecule has 2 rings (SSSR count). The Morgan fingerprint density at radius 2 is 1.77 bits per heavy atom. The zero-order valence-electron chi connectivity index (χ0n) is 15.2. The predicted octanol–water partition coefficient (Wildman–Crippen LogP) is 3.01. The summed E-state index contributed by atoms with van der Waals surface area (Å²) in [5.74, 6) is 0.147. The maximum absolute atomic E-state index is 12.0. The molecule has 0 aliphatic carbocycles. The second-order valence-electron chi connectivity index (χ2n) is 6.02. The fourth-order valence-corrected chi connectivity index (χ4v) is 3.46. The SMILES string of the molecule is CCCNS(=O)(=O)c1ccc(OCC(=O)Nc2ccc(C)cc2C)cc1. The number of carbonyl (C=O) groups excluding carboxylic acids is 1. The van der Waals surface area contributed by atoms with Crippen LogP contribution in [0.2, 0.25) is 0 Å². The molecule has 0 bridgehead atoms. The monoisotopic (exact) mass is 376 g/mol. The van der Waals surface area contributed by atoms with Crippen LogP contribution >= 0.6 is 0 Å². The van der Waals surface area contributed by atoms with Crippen LogP contribution in [0.1, 0.15) is 24.5 Å². The fourth-order valence-electron chi connectivity index (χ4n) is 2.32. The van der Waals surface area contributed by atoms with Crippen LogP contribution in [0.3, 0.4) is 0 Å². The number of nitrogens with one attached hydrogen (secondary N) is 2. The Labute approximate surface area is 154 Å². The third-order valence-corrected chi connectivity index (χ3v) is 5.18. The predicted molar refractivity (Wildman–Crippen MR) is 102 cm³/mol.